The van der Waals surface area contributed by atoms with Crippen LogP contribution in [0.2, 0.25) is 5.02 Å². The van der Waals surface area contributed by atoms with Gasteiger partial charge in [0, 0.05) is 37.3 Å². The number of rotatable bonds is 6. The Morgan fingerprint density at radius 2 is 1.84 bits per heavy atom. The zero-order valence-corrected chi connectivity index (χ0v) is 17.5. The Labute approximate surface area is 181 Å². The van der Waals surface area contributed by atoms with E-state index >= 15 is 0 Å². The van der Waals surface area contributed by atoms with Gasteiger partial charge < -0.3 is 9.67 Å². The molecule has 0 amide bonds. The maximum absolute atomic E-state index is 13.4. The molecular formula is C22H20ClFN4O3. The van der Waals surface area contributed by atoms with Crippen LogP contribution in [0.3, 0.4) is 0 Å². The Bertz CT molecular complexity index is 1370. The maximum atomic E-state index is 13.4. The molecule has 2 aromatic heterocycles. The maximum Gasteiger partial charge on any atom is 0.332 e. The lowest BCUT2D eigenvalue weighted by Gasteiger charge is -2.11. The number of aliphatic hydroxyl groups is 1. The minimum absolute atomic E-state index is 0.0895. The normalized spacial score (nSPS) is 11.4. The summed E-state index contributed by atoms with van der Waals surface area (Å²) >= 11 is 6.17. The van der Waals surface area contributed by atoms with Gasteiger partial charge in [-0.3, -0.25) is 13.9 Å². The van der Waals surface area contributed by atoms with Crippen LogP contribution in [0.15, 0.2) is 58.1 Å². The number of aryl methyl sites for hydroxylation is 1. The van der Waals surface area contributed by atoms with Crippen LogP contribution >= 0.6 is 11.6 Å². The van der Waals surface area contributed by atoms with E-state index in [4.69, 9.17) is 16.7 Å². The third-order valence-electron chi connectivity index (χ3n) is 5.11. The largest absolute Gasteiger partial charge is 0.396 e. The lowest BCUT2D eigenvalue weighted by atomic mass is 10.2. The predicted octanol–water partition coefficient (Wildman–Crippen LogP) is 2.79. The van der Waals surface area contributed by atoms with E-state index in [-0.39, 0.29) is 43.1 Å². The molecule has 0 saturated carbocycles. The Kier molecular flexibility index (Phi) is 5.75. The van der Waals surface area contributed by atoms with Gasteiger partial charge in [0.1, 0.15) is 11.6 Å². The zero-order chi connectivity index (χ0) is 22.1. The average molecular weight is 443 g/mol. The molecule has 0 aliphatic rings. The number of fused-ring (bicyclic) bond motifs is 1. The van der Waals surface area contributed by atoms with Gasteiger partial charge in [-0.1, -0.05) is 35.9 Å². The van der Waals surface area contributed by atoms with Crippen molar-refractivity contribution in [1.82, 2.24) is 18.7 Å². The van der Waals surface area contributed by atoms with E-state index in [1.807, 2.05) is 6.07 Å². The van der Waals surface area contributed by atoms with Crippen LogP contribution in [0.25, 0.3) is 22.6 Å². The van der Waals surface area contributed by atoms with Crippen LogP contribution in [0, 0.1) is 5.82 Å². The fraction of sp³-hybridized carbons (Fsp3) is 0.227. The summed E-state index contributed by atoms with van der Waals surface area (Å²) in [5.74, 6) is 0.108. The first kappa shape index (κ1) is 21.0. The summed E-state index contributed by atoms with van der Waals surface area (Å²) in [6.45, 7) is 0.189. The molecule has 1 N–H and O–H groups in total. The number of hydrogen-bond acceptors (Lipinski definition) is 4. The fourth-order valence-electron chi connectivity index (χ4n) is 3.57. The monoisotopic (exact) mass is 442 g/mol. The van der Waals surface area contributed by atoms with E-state index in [2.05, 4.69) is 4.98 Å². The molecule has 0 aliphatic carbocycles. The minimum Gasteiger partial charge on any atom is -0.396 e. The standard InChI is InChI=1S/C22H20ClFN4O3/c1-26-20-18(21(30)27(22(26)31)10-3-11-29)28(13-14-6-8-17(24)9-7-14)19(25-20)15-4-2-5-16(23)12-15/h2,4-9,12,29H,3,10-11,13H2,1H3. The van der Waals surface area contributed by atoms with Gasteiger partial charge in [-0.05, 0) is 36.2 Å². The number of hydrogen-bond donors (Lipinski definition) is 1. The predicted molar refractivity (Wildman–Crippen MR) is 117 cm³/mol. The zero-order valence-electron chi connectivity index (χ0n) is 16.8. The summed E-state index contributed by atoms with van der Waals surface area (Å²) in [6, 6.07) is 13.0. The Balaban J connectivity index is 2.03. The highest BCUT2D eigenvalue weighted by atomic mass is 35.5. The molecule has 0 spiro atoms. The van der Waals surface area contributed by atoms with E-state index in [0.29, 0.717) is 16.4 Å². The highest BCUT2D eigenvalue weighted by molar-refractivity contribution is 6.30. The first-order valence-corrected chi connectivity index (χ1v) is 10.1. The lowest BCUT2D eigenvalue weighted by molar-refractivity contribution is 0.277. The lowest BCUT2D eigenvalue weighted by Crippen LogP contribution is -2.39. The van der Waals surface area contributed by atoms with Gasteiger partial charge in [-0.25, -0.2) is 14.2 Å². The van der Waals surface area contributed by atoms with E-state index in [0.717, 1.165) is 10.1 Å². The molecule has 9 heteroatoms. The molecule has 0 fully saturated rings. The van der Waals surface area contributed by atoms with Crippen LogP contribution in [0.5, 0.6) is 0 Å². The topological polar surface area (TPSA) is 82.0 Å². The van der Waals surface area contributed by atoms with Gasteiger partial charge in [-0.2, -0.15) is 0 Å². The first-order chi connectivity index (χ1) is 14.9. The van der Waals surface area contributed by atoms with Crippen molar-refractivity contribution in [3.05, 3.63) is 85.8 Å². The quantitative estimate of drug-likeness (QED) is 0.498. The van der Waals surface area contributed by atoms with Crippen LogP contribution in [0.1, 0.15) is 12.0 Å². The molecule has 31 heavy (non-hydrogen) atoms. The summed E-state index contributed by atoms with van der Waals surface area (Å²) < 4.78 is 17.5. The van der Waals surface area contributed by atoms with Crippen LogP contribution < -0.4 is 11.2 Å². The summed E-state index contributed by atoms with van der Waals surface area (Å²) in [5, 5.41) is 9.66. The average Bonchev–Trinajstić information content (AvgIpc) is 3.13. The molecule has 2 heterocycles. The molecule has 0 unspecified atom stereocenters. The number of aromatic nitrogens is 4. The van der Waals surface area contributed by atoms with Crippen molar-refractivity contribution in [3.63, 3.8) is 0 Å². The van der Waals surface area contributed by atoms with Crippen molar-refractivity contribution in [1.29, 1.82) is 0 Å². The number of aliphatic hydroxyl groups excluding tert-OH is 1. The Hall–Kier alpha value is -3.23. The second-order valence-electron chi connectivity index (χ2n) is 7.21. The van der Waals surface area contributed by atoms with E-state index in [9.17, 15) is 14.0 Å². The van der Waals surface area contributed by atoms with Gasteiger partial charge in [0.15, 0.2) is 11.2 Å². The van der Waals surface area contributed by atoms with Crippen LogP contribution in [0.4, 0.5) is 4.39 Å². The number of halogens is 2. The van der Waals surface area contributed by atoms with Gasteiger partial charge in [0.25, 0.3) is 5.56 Å². The SMILES string of the molecule is Cn1c(=O)n(CCCO)c(=O)c2c1nc(-c1cccc(Cl)c1)n2Cc1ccc(F)cc1. The minimum atomic E-state index is -0.505. The van der Waals surface area contributed by atoms with Gasteiger partial charge >= 0.3 is 5.69 Å². The smallest absolute Gasteiger partial charge is 0.332 e. The molecule has 0 radical (unpaired) electrons. The van der Waals surface area contributed by atoms with Gasteiger partial charge in [0.2, 0.25) is 0 Å². The van der Waals surface area contributed by atoms with Crippen LogP contribution in [-0.2, 0) is 20.1 Å². The van der Waals surface area contributed by atoms with E-state index < -0.39 is 11.2 Å². The Morgan fingerprint density at radius 3 is 2.52 bits per heavy atom. The summed E-state index contributed by atoms with van der Waals surface area (Å²) in [7, 11) is 1.55. The molecular weight excluding hydrogens is 423 g/mol. The molecule has 0 bridgehead atoms. The van der Waals surface area contributed by atoms with Crippen molar-refractivity contribution >= 4 is 22.8 Å². The summed E-state index contributed by atoms with van der Waals surface area (Å²) in [5.41, 5.74) is 0.940. The molecule has 0 saturated heterocycles. The number of benzene rings is 2. The van der Waals surface area contributed by atoms with Crippen molar-refractivity contribution in [2.45, 2.75) is 19.5 Å². The van der Waals surface area contributed by atoms with Crippen molar-refractivity contribution in [2.75, 3.05) is 6.61 Å². The number of nitrogens with zero attached hydrogens (tertiary/aromatic N) is 4. The van der Waals surface area contributed by atoms with Crippen molar-refractivity contribution in [2.24, 2.45) is 7.05 Å². The van der Waals surface area contributed by atoms with E-state index in [1.165, 1.54) is 16.7 Å². The number of imidazole rings is 1. The molecule has 0 aliphatic heterocycles. The summed E-state index contributed by atoms with van der Waals surface area (Å²) in [6.07, 6.45) is 0.272. The molecule has 0 atom stereocenters. The molecule has 7 nitrogen and oxygen atoms in total. The Morgan fingerprint density at radius 1 is 1.10 bits per heavy atom. The second-order valence-corrected chi connectivity index (χ2v) is 7.64. The summed E-state index contributed by atoms with van der Waals surface area (Å²) in [4.78, 5) is 30.7. The molecule has 160 valence electrons. The van der Waals surface area contributed by atoms with Gasteiger partial charge in [-0.15, -0.1) is 0 Å². The highest BCUT2D eigenvalue weighted by Crippen LogP contribution is 2.26. The first-order valence-electron chi connectivity index (χ1n) is 9.72. The molecule has 4 rings (SSSR count). The molecule has 2 aromatic carbocycles. The van der Waals surface area contributed by atoms with Crippen LogP contribution in [-0.4, -0.2) is 30.4 Å². The van der Waals surface area contributed by atoms with Gasteiger partial charge in [0.05, 0.1) is 0 Å². The molecule has 4 aromatic rings. The third kappa shape index (κ3) is 3.92. The van der Waals surface area contributed by atoms with Crippen molar-refractivity contribution in [3.8, 4) is 11.4 Å². The van der Waals surface area contributed by atoms with Crippen molar-refractivity contribution < 1.29 is 9.50 Å². The third-order valence-corrected chi connectivity index (χ3v) is 5.34. The highest BCUT2D eigenvalue weighted by Gasteiger charge is 2.21. The second kappa shape index (κ2) is 8.49. The van der Waals surface area contributed by atoms with E-state index in [1.54, 1.807) is 41.9 Å². The fourth-order valence-corrected chi connectivity index (χ4v) is 3.76.